The van der Waals surface area contributed by atoms with Crippen molar-refractivity contribution in [2.45, 2.75) is 0 Å². The largest absolute Gasteiger partial charge is 0.256 e. The van der Waals surface area contributed by atoms with E-state index in [-0.39, 0.29) is 45.6 Å². The highest BCUT2D eigenvalue weighted by molar-refractivity contribution is 6.33. The molecule has 20 heteroatoms. The normalized spacial score (nSPS) is 11.0. The Hall–Kier alpha value is -16.4. The van der Waals surface area contributed by atoms with Gasteiger partial charge in [-0.3, -0.25) is 19.9 Å². The van der Waals surface area contributed by atoms with E-state index in [0.29, 0.717) is 60.7 Å². The van der Waals surface area contributed by atoms with E-state index in [1.165, 1.54) is 0 Å². The van der Waals surface area contributed by atoms with Crippen LogP contribution in [-0.2, 0) is 0 Å². The number of aromatic nitrogens is 12. The molecule has 20 rings (SSSR count). The molecule has 7 heterocycles. The number of pyridine rings is 2. The van der Waals surface area contributed by atoms with E-state index in [1.807, 2.05) is 194 Å². The first-order chi connectivity index (χ1) is 51.3. The number of nitrogens with zero attached hydrogens (tertiary/aromatic N) is 20. The Morgan fingerprint density at radius 1 is 0.163 bits per heavy atom. The first kappa shape index (κ1) is 61.2. The van der Waals surface area contributed by atoms with Crippen LogP contribution >= 0.6 is 0 Å². The first-order valence-corrected chi connectivity index (χ1v) is 32.1. The number of hydrogen-bond donors (Lipinski definition) is 0. The van der Waals surface area contributed by atoms with E-state index < -0.39 is 0 Å². The molecule has 20 aromatic rings. The second-order valence-electron chi connectivity index (χ2n) is 23.8. The Kier molecular flexibility index (Phi) is 14.7. The molecule has 0 unspecified atom stereocenters. The molecule has 0 fully saturated rings. The highest BCUT2D eigenvalue weighted by Crippen LogP contribution is 2.42. The molecule has 0 N–H and O–H groups in total. The quantitative estimate of drug-likeness (QED) is 0.127. The fourth-order valence-corrected chi connectivity index (χ4v) is 14.0. The topological polar surface area (TPSA) is 345 Å². The van der Waals surface area contributed by atoms with E-state index in [9.17, 15) is 42.1 Å². The Labute approximate surface area is 585 Å². The van der Waals surface area contributed by atoms with Crippen LogP contribution in [0.5, 0.6) is 0 Å². The zero-order chi connectivity index (χ0) is 70.7. The van der Waals surface area contributed by atoms with E-state index in [1.54, 1.807) is 24.8 Å². The molecule has 0 atom stereocenters. The van der Waals surface area contributed by atoms with Crippen molar-refractivity contribution in [3.63, 3.8) is 0 Å². The summed E-state index contributed by atoms with van der Waals surface area (Å²) in [7, 11) is 0. The zero-order valence-electron chi connectivity index (χ0n) is 53.7. The van der Waals surface area contributed by atoms with Crippen LogP contribution in [0.4, 0.5) is 0 Å². The summed E-state index contributed by atoms with van der Waals surface area (Å²) in [5.74, 6) is 0. The van der Waals surface area contributed by atoms with Crippen molar-refractivity contribution in [3.05, 3.63) is 264 Å². The molecular formula is C84H36N20. The van der Waals surface area contributed by atoms with Crippen molar-refractivity contribution in [2.75, 3.05) is 0 Å². The van der Waals surface area contributed by atoms with Gasteiger partial charge < -0.3 is 0 Å². The molecule has 0 aliphatic carbocycles. The van der Waals surface area contributed by atoms with E-state index in [0.717, 1.165) is 113 Å². The summed E-state index contributed by atoms with van der Waals surface area (Å²) in [4.78, 5) is 53.6. The lowest BCUT2D eigenvalue weighted by molar-refractivity contribution is 1.20. The Balaban J connectivity index is 0.000000103. The number of hydrogen-bond acceptors (Lipinski definition) is 20. The molecule has 13 aromatic carbocycles. The number of benzene rings is 13. The second kappa shape index (κ2) is 24.9. The lowest BCUT2D eigenvalue weighted by Gasteiger charge is -2.12. The number of fused-ring (bicyclic) bond motifs is 32. The van der Waals surface area contributed by atoms with E-state index in [2.05, 4.69) is 108 Å². The number of nitriles is 8. The SMILES string of the molecule is N#Cc1nc2c3ccc4ccccc4c3c3cccnc3c2nc1C#N.N#Cc1nc2c3ccc4ccccc4c3c3nccnc3c2nc1C#N.N#Cc1nc2c3ccccc3c3c4ccccc4ccc3c2nc1C#N.N#Cc1nc2c3cccnc3c3c4ccccc4ccc3c2nc1C#N. The maximum atomic E-state index is 9.36. The molecule has 0 radical (unpaired) electrons. The van der Waals surface area contributed by atoms with Crippen molar-refractivity contribution in [2.24, 2.45) is 0 Å². The van der Waals surface area contributed by atoms with Crippen LogP contribution in [0.3, 0.4) is 0 Å². The average Bonchev–Trinajstić information content (AvgIpc) is 0.747. The molecular weight excluding hydrogens is 1290 g/mol. The maximum absolute atomic E-state index is 9.36. The molecule has 20 nitrogen and oxygen atoms in total. The fraction of sp³-hybridized carbons (Fsp3) is 0. The maximum Gasteiger partial charge on any atom is 0.177 e. The third-order valence-corrected chi connectivity index (χ3v) is 18.4. The Bertz CT molecular complexity index is 6730. The Morgan fingerprint density at radius 2 is 0.413 bits per heavy atom. The molecule has 104 heavy (non-hydrogen) atoms. The molecule has 472 valence electrons. The summed E-state index contributed by atoms with van der Waals surface area (Å²) in [6.45, 7) is 0. The van der Waals surface area contributed by atoms with Crippen LogP contribution in [0.15, 0.2) is 219 Å². The van der Waals surface area contributed by atoms with Crippen molar-refractivity contribution >= 4 is 174 Å². The van der Waals surface area contributed by atoms with Gasteiger partial charge in [0.05, 0.1) is 33.1 Å². The van der Waals surface area contributed by atoms with Gasteiger partial charge in [0.15, 0.2) is 45.6 Å². The third-order valence-electron chi connectivity index (χ3n) is 18.4. The average molecular weight is 1330 g/mol. The van der Waals surface area contributed by atoms with Crippen LogP contribution < -0.4 is 0 Å². The zero-order valence-corrected chi connectivity index (χ0v) is 53.7. The fourth-order valence-electron chi connectivity index (χ4n) is 14.0. The van der Waals surface area contributed by atoms with Gasteiger partial charge in [-0.15, -0.1) is 0 Å². The minimum Gasteiger partial charge on any atom is -0.256 e. The van der Waals surface area contributed by atoms with Crippen molar-refractivity contribution in [3.8, 4) is 48.6 Å². The first-order valence-electron chi connectivity index (χ1n) is 32.1. The van der Waals surface area contributed by atoms with E-state index in [4.69, 9.17) is 0 Å². The van der Waals surface area contributed by atoms with Crippen LogP contribution in [0.1, 0.15) is 45.6 Å². The van der Waals surface area contributed by atoms with Gasteiger partial charge in [-0.1, -0.05) is 176 Å². The molecule has 7 aromatic heterocycles. The lowest BCUT2D eigenvalue weighted by atomic mass is 9.94. The lowest BCUT2D eigenvalue weighted by Crippen LogP contribution is -1.99. The summed E-state index contributed by atoms with van der Waals surface area (Å²) >= 11 is 0. The van der Waals surface area contributed by atoms with Crippen LogP contribution in [0.2, 0.25) is 0 Å². The molecule has 0 spiro atoms. The molecule has 0 saturated heterocycles. The van der Waals surface area contributed by atoms with E-state index >= 15 is 0 Å². The summed E-state index contributed by atoms with van der Waals surface area (Å²) in [5.41, 5.74) is 7.68. The molecule has 0 bridgehead atoms. The summed E-state index contributed by atoms with van der Waals surface area (Å²) in [6, 6.07) is 79.9. The van der Waals surface area contributed by atoms with Gasteiger partial charge in [-0.05, 0) is 72.1 Å². The van der Waals surface area contributed by atoms with Gasteiger partial charge in [0.2, 0.25) is 0 Å². The van der Waals surface area contributed by atoms with Gasteiger partial charge in [0.25, 0.3) is 0 Å². The van der Waals surface area contributed by atoms with Gasteiger partial charge in [0.1, 0.15) is 81.7 Å². The smallest absolute Gasteiger partial charge is 0.177 e. The molecule has 0 aliphatic rings. The minimum atomic E-state index is -0.00732. The third kappa shape index (κ3) is 9.69. The van der Waals surface area contributed by atoms with Gasteiger partial charge in [0, 0.05) is 78.6 Å². The predicted octanol–water partition coefficient (Wildman–Crippen LogP) is 16.9. The second-order valence-corrected chi connectivity index (χ2v) is 23.8. The summed E-state index contributed by atoms with van der Waals surface area (Å²) in [5, 5.41) is 94.7. The number of rotatable bonds is 0. The monoisotopic (exact) mass is 1320 g/mol. The molecule has 0 aliphatic heterocycles. The van der Waals surface area contributed by atoms with Crippen molar-refractivity contribution in [1.29, 1.82) is 42.1 Å². The summed E-state index contributed by atoms with van der Waals surface area (Å²) in [6.07, 6.45) is 6.67. The van der Waals surface area contributed by atoms with Crippen LogP contribution in [0, 0.1) is 90.6 Å². The van der Waals surface area contributed by atoms with Gasteiger partial charge >= 0.3 is 0 Å². The van der Waals surface area contributed by atoms with Crippen molar-refractivity contribution in [1.82, 2.24) is 59.8 Å². The molecule has 0 saturated carbocycles. The van der Waals surface area contributed by atoms with Crippen molar-refractivity contribution < 1.29 is 0 Å². The highest BCUT2D eigenvalue weighted by Gasteiger charge is 2.23. The van der Waals surface area contributed by atoms with Gasteiger partial charge in [-0.25, -0.2) is 39.9 Å². The van der Waals surface area contributed by atoms with Crippen LogP contribution in [0.25, 0.3) is 174 Å². The standard InChI is InChI=1S/C22H10N4.2C21H9N5.C20H8N6/c23-11-18-19(12-24)26-22-17-10-9-13-5-1-2-6-14(13)20(17)15-7-3-4-8-16(15)21(22)25-18;22-10-16-17(11-23)26-21-15-6-3-9-24-19(15)18-13-5-2-1-4-12(13)7-8-14(18)20(21)25-16;22-10-16-17(11-23)26-21-19-14(6-3-9-24-19)18-13-5-2-1-4-12(13)7-8-15(18)20(21)25-16;21-9-14-15(10-22)26-20-17(25-14)13-6-5-11-3-1-2-4-12(11)16(13)18-19(20)24-8-7-23-18/h1-10H;2*1-9H;1-8H. The highest BCUT2D eigenvalue weighted by atomic mass is 14.9. The van der Waals surface area contributed by atoms with Crippen LogP contribution in [-0.4, -0.2) is 59.8 Å². The minimum absolute atomic E-state index is 0.00732. The predicted molar refractivity (Wildman–Crippen MR) is 397 cm³/mol. The van der Waals surface area contributed by atoms with Gasteiger partial charge in [-0.2, -0.15) is 42.1 Å². The molecule has 0 amide bonds. The Morgan fingerprint density at radius 3 is 0.827 bits per heavy atom. The summed E-state index contributed by atoms with van der Waals surface area (Å²) < 4.78 is 0.